The SMILES string of the molecule is CC1(C)CCC(C(F)CN)CC1.Cl. The number of hydrogen-bond donors (Lipinski definition) is 1. The molecule has 0 spiro atoms. The molecule has 1 saturated carbocycles. The van der Waals surface area contributed by atoms with Crippen LogP contribution in [0, 0.1) is 11.3 Å². The highest BCUT2D eigenvalue weighted by molar-refractivity contribution is 5.85. The Hall–Kier alpha value is 0.180. The molecule has 0 aromatic carbocycles. The summed E-state index contributed by atoms with van der Waals surface area (Å²) in [5.74, 6) is 0.239. The van der Waals surface area contributed by atoms with Crippen molar-refractivity contribution >= 4 is 12.4 Å². The molecule has 0 aliphatic heterocycles. The van der Waals surface area contributed by atoms with E-state index in [2.05, 4.69) is 13.8 Å². The Balaban J connectivity index is 0.00000144. The molecule has 1 nitrogen and oxygen atoms in total. The lowest BCUT2D eigenvalue weighted by atomic mass is 9.72. The third kappa shape index (κ3) is 3.82. The second-order valence-electron chi connectivity index (χ2n) is 4.75. The van der Waals surface area contributed by atoms with Crippen LogP contribution in [0.3, 0.4) is 0 Å². The zero-order chi connectivity index (χ0) is 9.19. The summed E-state index contributed by atoms with van der Waals surface area (Å²) in [6, 6.07) is 0. The van der Waals surface area contributed by atoms with Gasteiger partial charge in [0, 0.05) is 6.54 Å². The number of hydrogen-bond acceptors (Lipinski definition) is 1. The zero-order valence-corrected chi connectivity index (χ0v) is 9.37. The van der Waals surface area contributed by atoms with Gasteiger partial charge in [-0.1, -0.05) is 13.8 Å². The summed E-state index contributed by atoms with van der Waals surface area (Å²) in [5.41, 5.74) is 5.73. The van der Waals surface area contributed by atoms with E-state index in [-0.39, 0.29) is 24.9 Å². The summed E-state index contributed by atoms with van der Waals surface area (Å²) in [5, 5.41) is 0. The van der Waals surface area contributed by atoms with Crippen molar-refractivity contribution in [1.29, 1.82) is 0 Å². The first kappa shape index (κ1) is 13.2. The van der Waals surface area contributed by atoms with Gasteiger partial charge in [0.15, 0.2) is 0 Å². The van der Waals surface area contributed by atoms with Gasteiger partial charge in [0.1, 0.15) is 6.17 Å². The van der Waals surface area contributed by atoms with E-state index in [1.165, 1.54) is 0 Å². The van der Waals surface area contributed by atoms with Crippen molar-refractivity contribution in [3.63, 3.8) is 0 Å². The highest BCUT2D eigenvalue weighted by Crippen LogP contribution is 2.39. The molecule has 1 aliphatic rings. The fraction of sp³-hybridized carbons (Fsp3) is 1.00. The number of alkyl halides is 1. The van der Waals surface area contributed by atoms with Gasteiger partial charge in [-0.3, -0.25) is 0 Å². The van der Waals surface area contributed by atoms with Crippen LogP contribution >= 0.6 is 12.4 Å². The maximum Gasteiger partial charge on any atom is 0.115 e. The van der Waals surface area contributed by atoms with Gasteiger partial charge in [-0.15, -0.1) is 12.4 Å². The van der Waals surface area contributed by atoms with Gasteiger partial charge in [0.2, 0.25) is 0 Å². The average Bonchev–Trinajstić information content (AvgIpc) is 2.03. The van der Waals surface area contributed by atoms with Gasteiger partial charge in [-0.2, -0.15) is 0 Å². The van der Waals surface area contributed by atoms with Crippen molar-refractivity contribution in [2.24, 2.45) is 17.1 Å². The summed E-state index contributed by atoms with van der Waals surface area (Å²) >= 11 is 0. The molecule has 1 aliphatic carbocycles. The fourth-order valence-electron chi connectivity index (χ4n) is 1.98. The lowest BCUT2D eigenvalue weighted by Crippen LogP contribution is -2.31. The number of halogens is 2. The maximum absolute atomic E-state index is 13.1. The predicted molar refractivity (Wildman–Crippen MR) is 56.9 cm³/mol. The first-order valence-electron chi connectivity index (χ1n) is 4.89. The standard InChI is InChI=1S/C10H20FN.ClH/c1-10(2)5-3-8(4-6-10)9(11)7-12;/h8-9H,3-7,12H2,1-2H3;1H. The van der Waals surface area contributed by atoms with Crippen molar-refractivity contribution in [2.45, 2.75) is 45.7 Å². The molecule has 0 amide bonds. The van der Waals surface area contributed by atoms with Gasteiger partial charge in [-0.25, -0.2) is 4.39 Å². The molecular formula is C10H21ClFN. The van der Waals surface area contributed by atoms with E-state index in [0.29, 0.717) is 5.41 Å². The highest BCUT2D eigenvalue weighted by atomic mass is 35.5. The van der Waals surface area contributed by atoms with Crippen LogP contribution in [0.2, 0.25) is 0 Å². The summed E-state index contributed by atoms with van der Waals surface area (Å²) in [6.07, 6.45) is 3.58. The average molecular weight is 210 g/mol. The molecule has 0 aromatic rings. The Morgan fingerprint density at radius 2 is 1.85 bits per heavy atom. The van der Waals surface area contributed by atoms with E-state index in [0.717, 1.165) is 25.7 Å². The molecule has 1 unspecified atom stereocenters. The van der Waals surface area contributed by atoms with Crippen molar-refractivity contribution < 1.29 is 4.39 Å². The molecule has 0 heterocycles. The summed E-state index contributed by atoms with van der Waals surface area (Å²) in [7, 11) is 0. The largest absolute Gasteiger partial charge is 0.328 e. The Kier molecular flexibility index (Phi) is 5.23. The molecule has 1 rings (SSSR count). The Labute approximate surface area is 86.7 Å². The molecule has 0 aromatic heterocycles. The Bertz CT molecular complexity index is 140. The van der Waals surface area contributed by atoms with Crippen LogP contribution < -0.4 is 5.73 Å². The minimum Gasteiger partial charge on any atom is -0.328 e. The van der Waals surface area contributed by atoms with Crippen LogP contribution in [-0.4, -0.2) is 12.7 Å². The highest BCUT2D eigenvalue weighted by Gasteiger charge is 2.30. The van der Waals surface area contributed by atoms with Gasteiger partial charge >= 0.3 is 0 Å². The molecule has 13 heavy (non-hydrogen) atoms. The van der Waals surface area contributed by atoms with Gasteiger partial charge < -0.3 is 5.73 Å². The second-order valence-corrected chi connectivity index (χ2v) is 4.75. The van der Waals surface area contributed by atoms with E-state index in [9.17, 15) is 4.39 Å². The smallest absolute Gasteiger partial charge is 0.115 e. The van der Waals surface area contributed by atoms with E-state index in [1.807, 2.05) is 0 Å². The topological polar surface area (TPSA) is 26.0 Å². The monoisotopic (exact) mass is 209 g/mol. The lowest BCUT2D eigenvalue weighted by molar-refractivity contribution is 0.124. The lowest BCUT2D eigenvalue weighted by Gasteiger charge is -2.35. The van der Waals surface area contributed by atoms with Crippen molar-refractivity contribution in [3.8, 4) is 0 Å². The zero-order valence-electron chi connectivity index (χ0n) is 8.55. The van der Waals surface area contributed by atoms with E-state index < -0.39 is 6.17 Å². The molecule has 80 valence electrons. The molecule has 1 atom stereocenters. The minimum atomic E-state index is -0.763. The molecule has 0 saturated heterocycles. The molecule has 1 fully saturated rings. The van der Waals surface area contributed by atoms with Crippen LogP contribution in [0.25, 0.3) is 0 Å². The van der Waals surface area contributed by atoms with Crippen LogP contribution in [0.4, 0.5) is 4.39 Å². The molecule has 0 radical (unpaired) electrons. The number of nitrogens with two attached hydrogens (primary N) is 1. The minimum absolute atomic E-state index is 0. The summed E-state index contributed by atoms with van der Waals surface area (Å²) in [4.78, 5) is 0. The fourth-order valence-corrected chi connectivity index (χ4v) is 1.98. The first-order valence-corrected chi connectivity index (χ1v) is 4.89. The quantitative estimate of drug-likeness (QED) is 0.744. The maximum atomic E-state index is 13.1. The predicted octanol–water partition coefficient (Wildman–Crippen LogP) is 2.92. The van der Waals surface area contributed by atoms with Crippen molar-refractivity contribution in [3.05, 3.63) is 0 Å². The van der Waals surface area contributed by atoms with Crippen LogP contribution in [0.15, 0.2) is 0 Å². The Morgan fingerprint density at radius 1 is 1.38 bits per heavy atom. The normalized spacial score (nSPS) is 24.9. The van der Waals surface area contributed by atoms with Gasteiger partial charge in [0.25, 0.3) is 0 Å². The van der Waals surface area contributed by atoms with Crippen molar-refractivity contribution in [1.82, 2.24) is 0 Å². The number of rotatable bonds is 2. The van der Waals surface area contributed by atoms with E-state index >= 15 is 0 Å². The molecule has 0 bridgehead atoms. The molecule has 3 heteroatoms. The summed E-state index contributed by atoms with van der Waals surface area (Å²) < 4.78 is 13.1. The van der Waals surface area contributed by atoms with Crippen LogP contribution in [0.1, 0.15) is 39.5 Å². The molecule has 2 N–H and O–H groups in total. The van der Waals surface area contributed by atoms with Gasteiger partial charge in [-0.05, 0) is 37.0 Å². The second kappa shape index (κ2) is 5.16. The molecular weight excluding hydrogens is 189 g/mol. The summed E-state index contributed by atoms with van der Waals surface area (Å²) in [6.45, 7) is 4.73. The van der Waals surface area contributed by atoms with Crippen LogP contribution in [-0.2, 0) is 0 Å². The van der Waals surface area contributed by atoms with Crippen molar-refractivity contribution in [2.75, 3.05) is 6.54 Å². The Morgan fingerprint density at radius 3 is 2.23 bits per heavy atom. The third-order valence-electron chi connectivity index (χ3n) is 3.12. The van der Waals surface area contributed by atoms with Gasteiger partial charge in [0.05, 0.1) is 0 Å². The third-order valence-corrected chi connectivity index (χ3v) is 3.12. The van der Waals surface area contributed by atoms with Crippen LogP contribution in [0.5, 0.6) is 0 Å². The van der Waals surface area contributed by atoms with E-state index in [1.54, 1.807) is 0 Å². The van der Waals surface area contributed by atoms with E-state index in [4.69, 9.17) is 5.73 Å². The first-order chi connectivity index (χ1) is 5.55.